The molecule has 14 heavy (non-hydrogen) atoms. The third kappa shape index (κ3) is 2.48. The van der Waals surface area contributed by atoms with E-state index in [4.69, 9.17) is 0 Å². The summed E-state index contributed by atoms with van der Waals surface area (Å²) in [5, 5.41) is 9.92. The second-order valence-corrected chi connectivity index (χ2v) is 5.36. The number of nitrogens with zero attached hydrogens (tertiary/aromatic N) is 1. The minimum absolute atomic E-state index is 0.410. The monoisotopic (exact) mass is 197 g/mol. The van der Waals surface area contributed by atoms with Crippen LogP contribution >= 0.6 is 0 Å². The Morgan fingerprint density at radius 1 is 1.14 bits per heavy atom. The molecule has 1 aliphatic carbocycles. The topological polar surface area (TPSA) is 23.5 Å². The molecule has 82 valence electrons. The third-order valence-electron chi connectivity index (χ3n) is 3.82. The number of hydrogen-bond donors (Lipinski definition) is 1. The average molecular weight is 197 g/mol. The maximum Gasteiger partial charge on any atom is 0.0758 e. The molecule has 1 aliphatic heterocycles. The van der Waals surface area contributed by atoms with Crippen molar-refractivity contribution in [2.75, 3.05) is 13.1 Å². The molecule has 2 nitrogen and oxygen atoms in total. The fraction of sp³-hybridized carbons (Fsp3) is 1.00. The summed E-state index contributed by atoms with van der Waals surface area (Å²) >= 11 is 0. The molecule has 0 aromatic rings. The Kier molecular flexibility index (Phi) is 3.13. The standard InChI is InChI=1S/C12H23NO/c1-12(14)8-9-13(10-12)11-6-4-2-3-5-7-11/h11,14H,2-10H2,1H3. The van der Waals surface area contributed by atoms with Crippen molar-refractivity contribution < 1.29 is 5.11 Å². The highest BCUT2D eigenvalue weighted by Gasteiger charge is 2.34. The Labute approximate surface area is 87.3 Å². The van der Waals surface area contributed by atoms with Gasteiger partial charge in [-0.2, -0.15) is 0 Å². The molecule has 0 aromatic heterocycles. The van der Waals surface area contributed by atoms with Gasteiger partial charge in [0.15, 0.2) is 0 Å². The van der Waals surface area contributed by atoms with E-state index in [0.29, 0.717) is 0 Å². The minimum atomic E-state index is -0.410. The number of aliphatic hydroxyl groups is 1. The molecule has 1 saturated heterocycles. The molecule has 0 radical (unpaired) electrons. The predicted octanol–water partition coefficient (Wildman–Crippen LogP) is 2.17. The van der Waals surface area contributed by atoms with Gasteiger partial charge in [-0.05, 0) is 26.2 Å². The van der Waals surface area contributed by atoms with Crippen molar-refractivity contribution >= 4 is 0 Å². The molecule has 1 N–H and O–H groups in total. The average Bonchev–Trinajstić information content (AvgIpc) is 2.42. The Morgan fingerprint density at radius 2 is 1.79 bits per heavy atom. The van der Waals surface area contributed by atoms with Crippen LogP contribution in [0.3, 0.4) is 0 Å². The first-order valence-electron chi connectivity index (χ1n) is 6.14. The van der Waals surface area contributed by atoms with E-state index in [-0.39, 0.29) is 0 Å². The molecule has 1 atom stereocenters. The molecule has 1 saturated carbocycles. The van der Waals surface area contributed by atoms with Crippen LogP contribution in [0.2, 0.25) is 0 Å². The Balaban J connectivity index is 1.88. The van der Waals surface area contributed by atoms with Crippen LogP contribution in [-0.2, 0) is 0 Å². The molecule has 0 amide bonds. The third-order valence-corrected chi connectivity index (χ3v) is 3.82. The van der Waals surface area contributed by atoms with Crippen LogP contribution in [0, 0.1) is 0 Å². The smallest absolute Gasteiger partial charge is 0.0758 e. The van der Waals surface area contributed by atoms with Crippen molar-refractivity contribution in [3.8, 4) is 0 Å². The number of β-amino-alcohol motifs (C(OH)–C–C–N with tert-alkyl or cyclic N) is 1. The lowest BCUT2D eigenvalue weighted by molar-refractivity contribution is 0.0606. The quantitative estimate of drug-likeness (QED) is 0.651. The Hall–Kier alpha value is -0.0800. The maximum atomic E-state index is 9.92. The normalized spacial score (nSPS) is 37.3. The van der Waals surface area contributed by atoms with E-state index < -0.39 is 5.60 Å². The summed E-state index contributed by atoms with van der Waals surface area (Å²) in [4.78, 5) is 2.52. The van der Waals surface area contributed by atoms with Gasteiger partial charge in [-0.15, -0.1) is 0 Å². The largest absolute Gasteiger partial charge is 0.389 e. The van der Waals surface area contributed by atoms with E-state index in [0.717, 1.165) is 25.6 Å². The van der Waals surface area contributed by atoms with Crippen LogP contribution in [0.5, 0.6) is 0 Å². The van der Waals surface area contributed by atoms with Gasteiger partial charge in [0, 0.05) is 19.1 Å². The van der Waals surface area contributed by atoms with Crippen LogP contribution < -0.4 is 0 Å². The Bertz CT molecular complexity index is 180. The van der Waals surface area contributed by atoms with Crippen LogP contribution in [0.4, 0.5) is 0 Å². The van der Waals surface area contributed by atoms with Crippen molar-refractivity contribution in [2.45, 2.75) is 63.5 Å². The minimum Gasteiger partial charge on any atom is -0.389 e. The zero-order chi connectivity index (χ0) is 10.0. The summed E-state index contributed by atoms with van der Waals surface area (Å²) in [7, 11) is 0. The van der Waals surface area contributed by atoms with E-state index in [9.17, 15) is 5.11 Å². The molecule has 2 fully saturated rings. The molecule has 1 unspecified atom stereocenters. The van der Waals surface area contributed by atoms with Gasteiger partial charge in [0.05, 0.1) is 5.60 Å². The maximum absolute atomic E-state index is 9.92. The van der Waals surface area contributed by atoms with Gasteiger partial charge in [0.2, 0.25) is 0 Å². The number of likely N-dealkylation sites (tertiary alicyclic amines) is 1. The highest BCUT2D eigenvalue weighted by molar-refractivity contribution is 4.89. The molecule has 2 heteroatoms. The molecular weight excluding hydrogens is 174 g/mol. The first-order valence-corrected chi connectivity index (χ1v) is 6.14. The molecule has 0 spiro atoms. The lowest BCUT2D eigenvalue weighted by atomic mass is 10.1. The summed E-state index contributed by atoms with van der Waals surface area (Å²) < 4.78 is 0. The van der Waals surface area contributed by atoms with Crippen LogP contribution in [0.1, 0.15) is 51.9 Å². The first-order chi connectivity index (χ1) is 6.67. The highest BCUT2D eigenvalue weighted by Crippen LogP contribution is 2.28. The molecule has 0 aromatic carbocycles. The van der Waals surface area contributed by atoms with Gasteiger partial charge in [-0.3, -0.25) is 4.90 Å². The van der Waals surface area contributed by atoms with Crippen molar-refractivity contribution in [3.05, 3.63) is 0 Å². The van der Waals surface area contributed by atoms with Gasteiger partial charge < -0.3 is 5.11 Å². The van der Waals surface area contributed by atoms with Crippen molar-refractivity contribution in [2.24, 2.45) is 0 Å². The number of hydrogen-bond acceptors (Lipinski definition) is 2. The Morgan fingerprint density at radius 3 is 2.29 bits per heavy atom. The molecule has 2 aliphatic rings. The van der Waals surface area contributed by atoms with E-state index in [1.54, 1.807) is 0 Å². The van der Waals surface area contributed by atoms with Crippen molar-refractivity contribution in [3.63, 3.8) is 0 Å². The zero-order valence-electron chi connectivity index (χ0n) is 9.34. The van der Waals surface area contributed by atoms with Gasteiger partial charge in [0.25, 0.3) is 0 Å². The molecule has 2 rings (SSSR count). The lowest BCUT2D eigenvalue weighted by Crippen LogP contribution is -2.36. The summed E-state index contributed by atoms with van der Waals surface area (Å²) in [5.74, 6) is 0. The predicted molar refractivity (Wildman–Crippen MR) is 58.3 cm³/mol. The van der Waals surface area contributed by atoms with Gasteiger partial charge in [-0.25, -0.2) is 0 Å². The van der Waals surface area contributed by atoms with Gasteiger partial charge >= 0.3 is 0 Å². The van der Waals surface area contributed by atoms with Crippen molar-refractivity contribution in [1.29, 1.82) is 0 Å². The van der Waals surface area contributed by atoms with Crippen LogP contribution in [0.15, 0.2) is 0 Å². The first kappa shape index (κ1) is 10.4. The molecule has 1 heterocycles. The van der Waals surface area contributed by atoms with E-state index >= 15 is 0 Å². The van der Waals surface area contributed by atoms with E-state index in [1.807, 2.05) is 6.92 Å². The van der Waals surface area contributed by atoms with E-state index in [1.165, 1.54) is 38.5 Å². The van der Waals surface area contributed by atoms with E-state index in [2.05, 4.69) is 4.90 Å². The van der Waals surface area contributed by atoms with Crippen LogP contribution in [0.25, 0.3) is 0 Å². The SMILES string of the molecule is CC1(O)CCN(C2CCCCCC2)C1. The fourth-order valence-electron chi connectivity index (χ4n) is 2.91. The summed E-state index contributed by atoms with van der Waals surface area (Å²) in [6.07, 6.45) is 9.30. The number of rotatable bonds is 1. The van der Waals surface area contributed by atoms with Crippen molar-refractivity contribution in [1.82, 2.24) is 4.90 Å². The fourth-order valence-corrected chi connectivity index (χ4v) is 2.91. The molecule has 0 bridgehead atoms. The second-order valence-electron chi connectivity index (χ2n) is 5.36. The highest BCUT2D eigenvalue weighted by atomic mass is 16.3. The van der Waals surface area contributed by atoms with Gasteiger partial charge in [0.1, 0.15) is 0 Å². The summed E-state index contributed by atoms with van der Waals surface area (Å²) in [6.45, 7) is 3.99. The van der Waals surface area contributed by atoms with Crippen LogP contribution in [-0.4, -0.2) is 34.7 Å². The van der Waals surface area contributed by atoms with Gasteiger partial charge in [-0.1, -0.05) is 25.7 Å². The summed E-state index contributed by atoms with van der Waals surface area (Å²) in [6, 6.07) is 0.770. The second kappa shape index (κ2) is 4.19. The zero-order valence-corrected chi connectivity index (χ0v) is 9.34. The summed E-state index contributed by atoms with van der Waals surface area (Å²) in [5.41, 5.74) is -0.410. The lowest BCUT2D eigenvalue weighted by Gasteiger charge is -2.27. The molecular formula is C12H23NO.